The standard InChI is InChI=1S/C11H15N5O2/c1-5-14-11(10(16(17)18)9(4)13-14)15-8(3)6-7(2)12-15/h6H,5H2,1-4H3. The number of aryl methyl sites for hydroxylation is 4. The lowest BCUT2D eigenvalue weighted by Gasteiger charge is -2.05. The van der Waals surface area contributed by atoms with Crippen LogP contribution in [0.25, 0.3) is 5.82 Å². The molecule has 0 aliphatic carbocycles. The Labute approximate surface area is 104 Å². The Morgan fingerprint density at radius 2 is 2.00 bits per heavy atom. The van der Waals surface area contributed by atoms with Crippen molar-refractivity contribution in [3.63, 3.8) is 0 Å². The lowest BCUT2D eigenvalue weighted by molar-refractivity contribution is -0.385. The molecule has 0 aliphatic heterocycles. The molecule has 0 bridgehead atoms. The number of aromatic nitrogens is 4. The van der Waals surface area contributed by atoms with Gasteiger partial charge in [-0.1, -0.05) is 0 Å². The average Bonchev–Trinajstić information content (AvgIpc) is 2.77. The highest BCUT2D eigenvalue weighted by Gasteiger charge is 2.27. The molecule has 7 nitrogen and oxygen atoms in total. The average molecular weight is 249 g/mol. The maximum Gasteiger partial charge on any atom is 0.336 e. The monoisotopic (exact) mass is 249 g/mol. The van der Waals surface area contributed by atoms with Gasteiger partial charge in [0.25, 0.3) is 0 Å². The van der Waals surface area contributed by atoms with Crippen LogP contribution in [-0.4, -0.2) is 24.5 Å². The van der Waals surface area contributed by atoms with Crippen molar-refractivity contribution in [3.05, 3.63) is 33.3 Å². The predicted octanol–water partition coefficient (Wildman–Crippen LogP) is 1.92. The Morgan fingerprint density at radius 1 is 1.33 bits per heavy atom. The Kier molecular flexibility index (Phi) is 2.90. The summed E-state index contributed by atoms with van der Waals surface area (Å²) in [5.74, 6) is 0.422. The molecule has 0 unspecified atom stereocenters. The van der Waals surface area contributed by atoms with E-state index in [0.717, 1.165) is 11.4 Å². The molecule has 0 radical (unpaired) electrons. The molecule has 96 valence electrons. The molecule has 7 heteroatoms. The van der Waals surface area contributed by atoms with E-state index in [9.17, 15) is 10.1 Å². The summed E-state index contributed by atoms with van der Waals surface area (Å²) in [5.41, 5.74) is 2.10. The van der Waals surface area contributed by atoms with Crippen molar-refractivity contribution in [2.75, 3.05) is 0 Å². The zero-order chi connectivity index (χ0) is 13.4. The molecule has 0 aromatic carbocycles. The molecule has 0 atom stereocenters. The van der Waals surface area contributed by atoms with Crippen LogP contribution < -0.4 is 0 Å². The van der Waals surface area contributed by atoms with Crippen molar-refractivity contribution in [1.29, 1.82) is 0 Å². The first-order valence-electron chi connectivity index (χ1n) is 5.71. The maximum atomic E-state index is 11.2. The van der Waals surface area contributed by atoms with Crippen molar-refractivity contribution < 1.29 is 4.92 Å². The van der Waals surface area contributed by atoms with Crippen LogP contribution in [0.4, 0.5) is 5.69 Å². The van der Waals surface area contributed by atoms with E-state index in [0.29, 0.717) is 18.1 Å². The van der Waals surface area contributed by atoms with Crippen molar-refractivity contribution >= 4 is 5.69 Å². The number of hydrogen-bond acceptors (Lipinski definition) is 4. The fraction of sp³-hybridized carbons (Fsp3) is 0.455. The third kappa shape index (κ3) is 1.77. The molecule has 2 aromatic rings. The minimum Gasteiger partial charge on any atom is -0.258 e. The van der Waals surface area contributed by atoms with Crippen LogP contribution in [0, 0.1) is 30.9 Å². The first-order valence-corrected chi connectivity index (χ1v) is 5.71. The molecule has 0 amide bonds. The van der Waals surface area contributed by atoms with E-state index in [2.05, 4.69) is 10.2 Å². The fourth-order valence-corrected chi connectivity index (χ4v) is 2.05. The minimum absolute atomic E-state index is 0.0167. The van der Waals surface area contributed by atoms with Gasteiger partial charge in [-0.3, -0.25) is 10.1 Å². The van der Waals surface area contributed by atoms with Gasteiger partial charge in [0.1, 0.15) is 5.69 Å². The Morgan fingerprint density at radius 3 is 2.44 bits per heavy atom. The van der Waals surface area contributed by atoms with E-state index in [4.69, 9.17) is 0 Å². The third-order valence-corrected chi connectivity index (χ3v) is 2.76. The van der Waals surface area contributed by atoms with Gasteiger partial charge < -0.3 is 0 Å². The van der Waals surface area contributed by atoms with Gasteiger partial charge in [0, 0.05) is 12.2 Å². The van der Waals surface area contributed by atoms with Crippen LogP contribution in [0.15, 0.2) is 6.07 Å². The first-order chi connectivity index (χ1) is 8.45. The summed E-state index contributed by atoms with van der Waals surface area (Å²) in [4.78, 5) is 10.8. The summed E-state index contributed by atoms with van der Waals surface area (Å²) < 4.78 is 3.18. The second kappa shape index (κ2) is 4.25. The molecule has 0 fully saturated rings. The van der Waals surface area contributed by atoms with Gasteiger partial charge in [0.05, 0.1) is 10.6 Å². The zero-order valence-electron chi connectivity index (χ0n) is 10.8. The van der Waals surface area contributed by atoms with Crippen molar-refractivity contribution in [1.82, 2.24) is 19.6 Å². The summed E-state index contributed by atoms with van der Waals surface area (Å²) in [7, 11) is 0. The molecule has 2 aromatic heterocycles. The SMILES string of the molecule is CCn1nc(C)c([N+](=O)[O-])c1-n1nc(C)cc1C. The van der Waals surface area contributed by atoms with Gasteiger partial charge in [-0.2, -0.15) is 10.2 Å². The molecule has 0 spiro atoms. The van der Waals surface area contributed by atoms with Crippen LogP contribution in [0.1, 0.15) is 24.0 Å². The number of nitrogens with zero attached hydrogens (tertiary/aromatic N) is 5. The van der Waals surface area contributed by atoms with E-state index in [-0.39, 0.29) is 5.69 Å². The summed E-state index contributed by atoms with van der Waals surface area (Å²) in [6.45, 7) is 7.81. The normalized spacial score (nSPS) is 10.9. The van der Waals surface area contributed by atoms with Crippen LogP contribution >= 0.6 is 0 Å². The van der Waals surface area contributed by atoms with E-state index in [1.807, 2.05) is 26.8 Å². The highest BCUT2D eigenvalue weighted by atomic mass is 16.6. The summed E-state index contributed by atoms with van der Waals surface area (Å²) in [6.07, 6.45) is 0. The Hall–Kier alpha value is -2.18. The molecular weight excluding hydrogens is 234 g/mol. The van der Waals surface area contributed by atoms with Crippen molar-refractivity contribution in [3.8, 4) is 5.82 Å². The summed E-state index contributed by atoms with van der Waals surface area (Å²) in [5, 5.41) is 19.7. The number of nitro groups is 1. The van der Waals surface area contributed by atoms with Crippen LogP contribution in [-0.2, 0) is 6.54 Å². The van der Waals surface area contributed by atoms with Crippen molar-refractivity contribution in [2.45, 2.75) is 34.2 Å². The topological polar surface area (TPSA) is 78.8 Å². The van der Waals surface area contributed by atoms with E-state index < -0.39 is 4.92 Å². The minimum atomic E-state index is -0.403. The molecular formula is C11H15N5O2. The van der Waals surface area contributed by atoms with Gasteiger partial charge in [0.2, 0.25) is 5.82 Å². The van der Waals surface area contributed by atoms with Crippen LogP contribution in [0.2, 0.25) is 0 Å². The summed E-state index contributed by atoms with van der Waals surface area (Å²) >= 11 is 0. The van der Waals surface area contributed by atoms with Crippen molar-refractivity contribution in [2.24, 2.45) is 0 Å². The largest absolute Gasteiger partial charge is 0.336 e. The molecule has 0 aliphatic rings. The molecule has 18 heavy (non-hydrogen) atoms. The highest BCUT2D eigenvalue weighted by Crippen LogP contribution is 2.27. The molecule has 2 rings (SSSR count). The molecule has 0 saturated heterocycles. The third-order valence-electron chi connectivity index (χ3n) is 2.76. The van der Waals surface area contributed by atoms with Gasteiger partial charge in [-0.15, -0.1) is 0 Å². The lowest BCUT2D eigenvalue weighted by atomic mass is 10.3. The quantitative estimate of drug-likeness (QED) is 0.615. The van der Waals surface area contributed by atoms with Crippen LogP contribution in [0.3, 0.4) is 0 Å². The van der Waals surface area contributed by atoms with Gasteiger partial charge in [-0.05, 0) is 33.8 Å². The lowest BCUT2D eigenvalue weighted by Crippen LogP contribution is -2.10. The Balaban J connectivity index is 2.76. The van der Waals surface area contributed by atoms with E-state index in [1.54, 1.807) is 16.3 Å². The van der Waals surface area contributed by atoms with Crippen LogP contribution in [0.5, 0.6) is 0 Å². The summed E-state index contributed by atoms with van der Waals surface area (Å²) in [6, 6.07) is 1.88. The predicted molar refractivity (Wildman–Crippen MR) is 65.9 cm³/mol. The number of hydrogen-bond donors (Lipinski definition) is 0. The van der Waals surface area contributed by atoms with Gasteiger partial charge in [-0.25, -0.2) is 9.36 Å². The van der Waals surface area contributed by atoms with Gasteiger partial charge >= 0.3 is 5.69 Å². The second-order valence-electron chi connectivity index (χ2n) is 4.17. The molecule has 0 N–H and O–H groups in total. The smallest absolute Gasteiger partial charge is 0.258 e. The van der Waals surface area contributed by atoms with Gasteiger partial charge in [0.15, 0.2) is 0 Å². The number of rotatable bonds is 3. The molecule has 0 saturated carbocycles. The Bertz CT molecular complexity index is 611. The fourth-order valence-electron chi connectivity index (χ4n) is 2.05. The zero-order valence-corrected chi connectivity index (χ0v) is 10.8. The van der Waals surface area contributed by atoms with E-state index in [1.165, 1.54) is 0 Å². The highest BCUT2D eigenvalue weighted by molar-refractivity contribution is 5.51. The second-order valence-corrected chi connectivity index (χ2v) is 4.17. The first kappa shape index (κ1) is 12.3. The van der Waals surface area contributed by atoms with E-state index >= 15 is 0 Å². The maximum absolute atomic E-state index is 11.2. The molecule has 2 heterocycles.